The number of aryl methyl sites for hydroxylation is 1. The van der Waals surface area contributed by atoms with Gasteiger partial charge in [-0.15, -0.1) is 0 Å². The fraction of sp³-hybridized carbons (Fsp3) is 0.433. The number of aromatic nitrogens is 1. The van der Waals surface area contributed by atoms with Crippen LogP contribution in [0.5, 0.6) is 17.5 Å². The highest BCUT2D eigenvalue weighted by Gasteiger charge is 2.32. The summed E-state index contributed by atoms with van der Waals surface area (Å²) in [5.41, 5.74) is 3.70. The third-order valence-electron chi connectivity index (χ3n) is 8.17. The van der Waals surface area contributed by atoms with Crippen molar-refractivity contribution < 1.29 is 24.9 Å². The Hall–Kier alpha value is -2.87. The molecule has 1 saturated carbocycles. The minimum absolute atomic E-state index is 0.0233. The van der Waals surface area contributed by atoms with E-state index in [0.717, 1.165) is 62.2 Å². The number of ether oxygens (including phenoxy) is 1. The van der Waals surface area contributed by atoms with Crippen LogP contribution >= 0.6 is 23.2 Å². The Morgan fingerprint density at radius 2 is 1.72 bits per heavy atom. The lowest BCUT2D eigenvalue weighted by Gasteiger charge is -2.35. The minimum atomic E-state index is -0.675. The molecule has 3 N–H and O–H groups in total. The quantitative estimate of drug-likeness (QED) is 0.251. The number of hydrogen-bond acceptors (Lipinski definition) is 5. The average molecular weight is 574 g/mol. The molecule has 0 amide bonds. The van der Waals surface area contributed by atoms with Crippen molar-refractivity contribution in [2.24, 2.45) is 11.8 Å². The molecule has 2 aliphatic carbocycles. The van der Waals surface area contributed by atoms with E-state index in [0.29, 0.717) is 16.7 Å². The van der Waals surface area contributed by atoms with Crippen molar-refractivity contribution >= 4 is 29.2 Å². The van der Waals surface area contributed by atoms with E-state index in [9.17, 15) is 20.1 Å². The molecule has 0 spiro atoms. The molecule has 208 valence electrons. The van der Waals surface area contributed by atoms with Crippen molar-refractivity contribution in [3.05, 3.63) is 75.3 Å². The van der Waals surface area contributed by atoms with Gasteiger partial charge in [0.05, 0.1) is 17.5 Å². The zero-order valence-electron chi connectivity index (χ0n) is 21.7. The summed E-state index contributed by atoms with van der Waals surface area (Å²) in [4.78, 5) is 14.0. The largest absolute Gasteiger partial charge is 0.494 e. The maximum Gasteiger partial charge on any atom is 0.306 e. The Morgan fingerprint density at radius 3 is 2.41 bits per heavy atom. The molecule has 0 bridgehead atoms. The molecule has 1 heterocycles. The summed E-state index contributed by atoms with van der Waals surface area (Å²) in [6.07, 6.45) is 5.33. The maximum absolute atomic E-state index is 11.4. The summed E-state index contributed by atoms with van der Waals surface area (Å²) in [7, 11) is 0. The van der Waals surface area contributed by atoms with Crippen molar-refractivity contribution in [3.63, 3.8) is 0 Å². The van der Waals surface area contributed by atoms with Gasteiger partial charge < -0.3 is 20.1 Å². The summed E-state index contributed by atoms with van der Waals surface area (Å²) >= 11 is 12.9. The fourth-order valence-corrected chi connectivity index (χ4v) is 6.54. The van der Waals surface area contributed by atoms with Gasteiger partial charge in [-0.2, -0.15) is 0 Å². The number of fused-ring (bicyclic) bond motifs is 1. The fourth-order valence-electron chi connectivity index (χ4n) is 6.09. The first-order valence-corrected chi connectivity index (χ1v) is 14.3. The smallest absolute Gasteiger partial charge is 0.306 e. The van der Waals surface area contributed by atoms with Crippen molar-refractivity contribution in [2.45, 2.75) is 57.7 Å². The van der Waals surface area contributed by atoms with Crippen LogP contribution < -0.4 is 4.74 Å². The van der Waals surface area contributed by atoms with Crippen LogP contribution in [-0.4, -0.2) is 43.9 Å². The number of benzene rings is 2. The number of aromatic hydroxyl groups is 2. The first kappa shape index (κ1) is 27.7. The molecule has 39 heavy (non-hydrogen) atoms. The van der Waals surface area contributed by atoms with E-state index >= 15 is 0 Å². The highest BCUT2D eigenvalue weighted by Crippen LogP contribution is 2.40. The Kier molecular flexibility index (Phi) is 8.60. The van der Waals surface area contributed by atoms with Crippen molar-refractivity contribution in [2.75, 3.05) is 13.2 Å². The molecule has 1 atom stereocenters. The molecule has 2 aromatic carbocycles. The van der Waals surface area contributed by atoms with Crippen LogP contribution in [0.15, 0.2) is 48.5 Å². The van der Waals surface area contributed by atoms with Gasteiger partial charge in [0, 0.05) is 36.3 Å². The Labute approximate surface area is 238 Å². The topological polar surface area (TPSA) is 95.2 Å². The molecule has 1 aromatic heterocycles. The normalized spacial score (nSPS) is 20.7. The van der Waals surface area contributed by atoms with Crippen molar-refractivity contribution in [1.82, 2.24) is 9.47 Å². The Balaban J connectivity index is 1.28. The second kappa shape index (κ2) is 12.1. The molecule has 3 aromatic rings. The zero-order valence-corrected chi connectivity index (χ0v) is 23.2. The van der Waals surface area contributed by atoms with Crippen LogP contribution in [0.4, 0.5) is 0 Å². The van der Waals surface area contributed by atoms with E-state index in [1.807, 2.05) is 24.3 Å². The second-order valence-electron chi connectivity index (χ2n) is 10.7. The van der Waals surface area contributed by atoms with Gasteiger partial charge in [0.15, 0.2) is 11.8 Å². The second-order valence-corrected chi connectivity index (χ2v) is 11.5. The molecular formula is C30H34Cl2N2O5. The molecule has 0 radical (unpaired) electrons. The zero-order chi connectivity index (χ0) is 27.5. The molecular weight excluding hydrogens is 539 g/mol. The van der Waals surface area contributed by atoms with Gasteiger partial charge in [-0.3, -0.25) is 14.3 Å². The number of aliphatic carboxylic acids is 1. The van der Waals surface area contributed by atoms with E-state index in [4.69, 9.17) is 27.9 Å². The van der Waals surface area contributed by atoms with E-state index < -0.39 is 5.97 Å². The predicted octanol–water partition coefficient (Wildman–Crippen LogP) is 6.67. The minimum Gasteiger partial charge on any atom is -0.494 e. The third kappa shape index (κ3) is 6.48. The molecule has 1 unspecified atom stereocenters. The van der Waals surface area contributed by atoms with Crippen molar-refractivity contribution in [1.29, 1.82) is 0 Å². The van der Waals surface area contributed by atoms with Crippen molar-refractivity contribution in [3.8, 4) is 17.5 Å². The summed E-state index contributed by atoms with van der Waals surface area (Å²) < 4.78 is 7.20. The van der Waals surface area contributed by atoms with Gasteiger partial charge in [0.1, 0.15) is 12.4 Å². The first-order chi connectivity index (χ1) is 18.8. The average Bonchev–Trinajstić information content (AvgIpc) is 3.47. The van der Waals surface area contributed by atoms with E-state index in [1.54, 1.807) is 0 Å². The highest BCUT2D eigenvalue weighted by molar-refractivity contribution is 6.32. The first-order valence-electron chi connectivity index (χ1n) is 13.5. The van der Waals surface area contributed by atoms with Gasteiger partial charge in [-0.05, 0) is 85.4 Å². The summed E-state index contributed by atoms with van der Waals surface area (Å²) in [5, 5.41) is 30.3. The summed E-state index contributed by atoms with van der Waals surface area (Å²) in [5.74, 6) is 0.0591. The number of carboxylic acid groups (broad SMARTS) is 1. The van der Waals surface area contributed by atoms with Gasteiger partial charge in [0.2, 0.25) is 0 Å². The van der Waals surface area contributed by atoms with Crippen LogP contribution in [0.1, 0.15) is 54.8 Å². The monoisotopic (exact) mass is 572 g/mol. The summed E-state index contributed by atoms with van der Waals surface area (Å²) in [6, 6.07) is 15.1. The molecule has 2 aliphatic rings. The molecule has 9 heteroatoms. The Bertz CT molecular complexity index is 1300. The third-order valence-corrected chi connectivity index (χ3v) is 8.70. The van der Waals surface area contributed by atoms with Crippen LogP contribution in [0.3, 0.4) is 0 Å². The number of carboxylic acids is 1. The number of halogens is 2. The lowest BCUT2D eigenvalue weighted by atomic mass is 9.81. The van der Waals surface area contributed by atoms with Gasteiger partial charge in [-0.1, -0.05) is 35.3 Å². The number of carbonyl (C=O) groups is 1. The number of hydrogen-bond donors (Lipinski definition) is 3. The molecule has 7 nitrogen and oxygen atoms in total. The standard InChI is InChI=1S/C30H34Cl2N2O5/c31-23-7-8-24-22(16-23)6-9-26(24)33(17-19-1-4-21(5-2-19)30(37)38)18-20-3-10-27(25(32)15-20)39-14-13-34-28(35)11-12-29(34)36/h3,7-8,10-12,15-16,19,21,26,35-36H,1-2,4-6,9,13-14,17-18H2,(H,37,38). The predicted molar refractivity (Wildman–Crippen MR) is 151 cm³/mol. The van der Waals surface area contributed by atoms with Crippen LogP contribution in [0.2, 0.25) is 10.0 Å². The molecule has 0 aliphatic heterocycles. The lowest BCUT2D eigenvalue weighted by molar-refractivity contribution is -0.143. The maximum atomic E-state index is 11.4. The number of rotatable bonds is 10. The van der Waals surface area contributed by atoms with Gasteiger partial charge in [-0.25, -0.2) is 0 Å². The van der Waals surface area contributed by atoms with Crippen LogP contribution in [-0.2, 0) is 24.3 Å². The Morgan fingerprint density at radius 1 is 0.974 bits per heavy atom. The SMILES string of the molecule is O=C(O)C1CCC(CN(Cc2ccc(OCCn3c(O)ccc3O)c(Cl)c2)C2CCc3cc(Cl)ccc32)CC1. The van der Waals surface area contributed by atoms with E-state index in [1.165, 1.54) is 27.8 Å². The van der Waals surface area contributed by atoms with Gasteiger partial charge >= 0.3 is 5.97 Å². The lowest BCUT2D eigenvalue weighted by Crippen LogP contribution is -2.34. The molecule has 5 rings (SSSR count). The van der Waals surface area contributed by atoms with Gasteiger partial charge in [0.25, 0.3) is 0 Å². The summed E-state index contributed by atoms with van der Waals surface area (Å²) in [6.45, 7) is 2.14. The highest BCUT2D eigenvalue weighted by atomic mass is 35.5. The van der Waals surface area contributed by atoms with E-state index in [2.05, 4.69) is 17.0 Å². The molecule has 1 fully saturated rings. The van der Waals surface area contributed by atoms with Crippen LogP contribution in [0, 0.1) is 11.8 Å². The number of nitrogens with zero attached hydrogens (tertiary/aromatic N) is 2. The van der Waals surface area contributed by atoms with Crippen LogP contribution in [0.25, 0.3) is 0 Å². The molecule has 0 saturated heterocycles. The van der Waals surface area contributed by atoms with E-state index in [-0.39, 0.29) is 36.9 Å².